The van der Waals surface area contributed by atoms with Gasteiger partial charge in [-0.25, -0.2) is 0 Å². The number of fused-ring (bicyclic) bond motifs is 1. The number of hydrogen-bond donors (Lipinski definition) is 0. The quantitative estimate of drug-likeness (QED) is 0.582. The number of Topliss-reactive ketones (excluding diaryl/α,β-unsaturated/α-hetero) is 1. The summed E-state index contributed by atoms with van der Waals surface area (Å²) in [6.45, 7) is 6.15. The Bertz CT molecular complexity index is 896. The fourth-order valence-electron chi connectivity index (χ4n) is 3.05. The largest absolute Gasteiger partial charge is 0.494 e. The van der Waals surface area contributed by atoms with Gasteiger partial charge in [0.15, 0.2) is 5.78 Å². The summed E-state index contributed by atoms with van der Waals surface area (Å²) in [6.07, 6.45) is 0. The second-order valence-electron chi connectivity index (χ2n) is 5.44. The van der Waals surface area contributed by atoms with E-state index in [1.54, 1.807) is 6.92 Å². The smallest absolute Gasteiger partial charge is 0.162 e. The minimum atomic E-state index is 0.0647. The number of benzene rings is 2. The molecule has 3 nitrogen and oxygen atoms in total. The highest BCUT2D eigenvalue weighted by molar-refractivity contribution is 9.10. The zero-order valence-corrected chi connectivity index (χ0v) is 15.0. The van der Waals surface area contributed by atoms with Crippen molar-refractivity contribution in [2.45, 2.75) is 20.8 Å². The van der Waals surface area contributed by atoms with Crippen molar-refractivity contribution < 1.29 is 9.53 Å². The molecule has 118 valence electrons. The van der Waals surface area contributed by atoms with Crippen LogP contribution in [0, 0.1) is 6.92 Å². The van der Waals surface area contributed by atoms with E-state index in [-0.39, 0.29) is 5.78 Å². The van der Waals surface area contributed by atoms with Gasteiger partial charge in [0.1, 0.15) is 5.75 Å². The van der Waals surface area contributed by atoms with Crippen LogP contribution in [0.25, 0.3) is 16.6 Å². The normalized spacial score (nSPS) is 11.0. The number of aromatic nitrogens is 1. The molecule has 1 aromatic heterocycles. The van der Waals surface area contributed by atoms with E-state index in [1.807, 2.05) is 56.3 Å². The lowest BCUT2D eigenvalue weighted by Gasteiger charge is -2.09. The Labute approximate surface area is 144 Å². The second kappa shape index (κ2) is 6.20. The maximum atomic E-state index is 12.2. The summed E-state index contributed by atoms with van der Waals surface area (Å²) < 4.78 is 8.72. The molecule has 3 aromatic rings. The molecule has 0 aliphatic heterocycles. The van der Waals surface area contributed by atoms with Gasteiger partial charge < -0.3 is 9.30 Å². The van der Waals surface area contributed by atoms with Crippen LogP contribution in [0.5, 0.6) is 5.75 Å². The fourth-order valence-corrected chi connectivity index (χ4v) is 3.43. The third-order valence-corrected chi connectivity index (χ3v) is 4.40. The van der Waals surface area contributed by atoms with E-state index in [1.165, 1.54) is 0 Å². The van der Waals surface area contributed by atoms with Crippen molar-refractivity contribution in [3.8, 4) is 11.4 Å². The molecule has 0 aliphatic rings. The lowest BCUT2D eigenvalue weighted by molar-refractivity contribution is 0.101. The highest BCUT2D eigenvalue weighted by atomic mass is 79.9. The first-order valence-electron chi connectivity index (χ1n) is 7.57. The number of hydrogen-bond acceptors (Lipinski definition) is 2. The predicted molar refractivity (Wildman–Crippen MR) is 96.9 cm³/mol. The Morgan fingerprint density at radius 2 is 2.00 bits per heavy atom. The third-order valence-electron chi connectivity index (χ3n) is 3.90. The van der Waals surface area contributed by atoms with Gasteiger partial charge in [-0.1, -0.05) is 22.0 Å². The van der Waals surface area contributed by atoms with Crippen LogP contribution in [-0.4, -0.2) is 17.0 Å². The SMILES string of the molecule is CCOc1ccc2c(c1)c(C(C)=O)c(C)n2-c1cccc(Br)c1. The van der Waals surface area contributed by atoms with Gasteiger partial charge in [-0.15, -0.1) is 0 Å². The maximum absolute atomic E-state index is 12.2. The highest BCUT2D eigenvalue weighted by Crippen LogP contribution is 2.33. The molecule has 0 unspecified atom stereocenters. The lowest BCUT2D eigenvalue weighted by Crippen LogP contribution is -1.99. The summed E-state index contributed by atoms with van der Waals surface area (Å²) in [5.41, 5.74) is 3.73. The molecule has 0 radical (unpaired) electrons. The Balaban J connectivity index is 2.34. The molecule has 0 spiro atoms. The lowest BCUT2D eigenvalue weighted by atomic mass is 10.1. The molecule has 0 bridgehead atoms. The Morgan fingerprint density at radius 1 is 1.22 bits per heavy atom. The van der Waals surface area contributed by atoms with Gasteiger partial charge in [0, 0.05) is 26.8 Å². The van der Waals surface area contributed by atoms with Crippen LogP contribution < -0.4 is 4.74 Å². The van der Waals surface area contributed by atoms with Crippen molar-refractivity contribution in [2.75, 3.05) is 6.61 Å². The first-order valence-corrected chi connectivity index (χ1v) is 8.37. The predicted octanol–water partition coefficient (Wildman–Crippen LogP) is 5.30. The van der Waals surface area contributed by atoms with Crippen molar-refractivity contribution >= 4 is 32.6 Å². The average molecular weight is 372 g/mol. The zero-order chi connectivity index (χ0) is 16.6. The molecule has 4 heteroatoms. The van der Waals surface area contributed by atoms with Crippen LogP contribution >= 0.6 is 15.9 Å². The molecule has 0 aliphatic carbocycles. The first-order chi connectivity index (χ1) is 11.0. The van der Waals surface area contributed by atoms with Crippen LogP contribution in [0.4, 0.5) is 0 Å². The van der Waals surface area contributed by atoms with Gasteiger partial charge >= 0.3 is 0 Å². The summed E-state index contributed by atoms with van der Waals surface area (Å²) in [5.74, 6) is 0.851. The molecule has 2 aromatic carbocycles. The van der Waals surface area contributed by atoms with E-state index in [2.05, 4.69) is 20.5 Å². The number of carbonyl (C=O) groups is 1. The monoisotopic (exact) mass is 371 g/mol. The van der Waals surface area contributed by atoms with Gasteiger partial charge in [0.2, 0.25) is 0 Å². The van der Waals surface area contributed by atoms with Gasteiger partial charge in [-0.05, 0) is 57.2 Å². The van der Waals surface area contributed by atoms with Crippen molar-refractivity contribution in [1.29, 1.82) is 0 Å². The molecule has 0 saturated carbocycles. The molecule has 0 amide bonds. The number of ketones is 1. The topological polar surface area (TPSA) is 31.2 Å². The Morgan fingerprint density at radius 3 is 2.65 bits per heavy atom. The summed E-state index contributed by atoms with van der Waals surface area (Å²) in [4.78, 5) is 12.2. The van der Waals surface area contributed by atoms with E-state index in [0.29, 0.717) is 6.61 Å². The summed E-state index contributed by atoms with van der Waals surface area (Å²) in [7, 11) is 0. The molecule has 0 atom stereocenters. The minimum absolute atomic E-state index is 0.0647. The number of nitrogens with zero attached hydrogens (tertiary/aromatic N) is 1. The van der Waals surface area contributed by atoms with Crippen LogP contribution in [0.3, 0.4) is 0 Å². The van der Waals surface area contributed by atoms with E-state index in [9.17, 15) is 4.79 Å². The number of carbonyl (C=O) groups excluding carboxylic acids is 1. The summed E-state index contributed by atoms with van der Waals surface area (Å²) in [5, 5.41) is 0.931. The molecule has 0 fully saturated rings. The van der Waals surface area contributed by atoms with E-state index >= 15 is 0 Å². The van der Waals surface area contributed by atoms with Crippen LogP contribution in [-0.2, 0) is 0 Å². The molecule has 0 N–H and O–H groups in total. The van der Waals surface area contributed by atoms with E-state index in [0.717, 1.165) is 38.1 Å². The van der Waals surface area contributed by atoms with Gasteiger partial charge in [-0.3, -0.25) is 4.79 Å². The first kappa shape index (κ1) is 15.8. The van der Waals surface area contributed by atoms with Crippen molar-refractivity contribution in [3.63, 3.8) is 0 Å². The van der Waals surface area contributed by atoms with Crippen molar-refractivity contribution in [2.24, 2.45) is 0 Å². The number of halogens is 1. The van der Waals surface area contributed by atoms with Crippen LogP contribution in [0.2, 0.25) is 0 Å². The van der Waals surface area contributed by atoms with Gasteiger partial charge in [0.25, 0.3) is 0 Å². The Kier molecular flexibility index (Phi) is 4.26. The van der Waals surface area contributed by atoms with Crippen molar-refractivity contribution in [3.05, 3.63) is 58.2 Å². The second-order valence-corrected chi connectivity index (χ2v) is 6.36. The number of rotatable bonds is 4. The third kappa shape index (κ3) is 2.79. The molecule has 3 rings (SSSR count). The minimum Gasteiger partial charge on any atom is -0.494 e. The van der Waals surface area contributed by atoms with Crippen LogP contribution in [0.1, 0.15) is 29.9 Å². The van der Waals surface area contributed by atoms with Crippen LogP contribution in [0.15, 0.2) is 46.9 Å². The Hall–Kier alpha value is -2.07. The average Bonchev–Trinajstić information content (AvgIpc) is 2.79. The molecule has 23 heavy (non-hydrogen) atoms. The standard InChI is InChI=1S/C19H18BrNO2/c1-4-23-16-8-9-18-17(11-16)19(13(3)22)12(2)21(18)15-7-5-6-14(20)10-15/h5-11H,4H2,1-3H3. The zero-order valence-electron chi connectivity index (χ0n) is 13.4. The summed E-state index contributed by atoms with van der Waals surface area (Å²) >= 11 is 3.52. The maximum Gasteiger partial charge on any atom is 0.162 e. The van der Waals surface area contributed by atoms with Gasteiger partial charge in [-0.2, -0.15) is 0 Å². The number of ether oxygens (including phenoxy) is 1. The highest BCUT2D eigenvalue weighted by Gasteiger charge is 2.19. The molecular weight excluding hydrogens is 354 g/mol. The summed E-state index contributed by atoms with van der Waals surface area (Å²) in [6, 6.07) is 14.0. The van der Waals surface area contributed by atoms with Crippen molar-refractivity contribution in [1.82, 2.24) is 4.57 Å². The van der Waals surface area contributed by atoms with E-state index < -0.39 is 0 Å². The van der Waals surface area contributed by atoms with E-state index in [4.69, 9.17) is 4.74 Å². The molecule has 1 heterocycles. The van der Waals surface area contributed by atoms with Gasteiger partial charge in [0.05, 0.1) is 12.1 Å². The molecular formula is C19H18BrNO2. The fraction of sp³-hybridized carbons (Fsp3) is 0.211. The molecule has 0 saturated heterocycles.